The minimum atomic E-state index is -4.68. The number of phosphoric acid groups is 2. The van der Waals surface area contributed by atoms with Crippen molar-refractivity contribution in [1.29, 1.82) is 0 Å². The molecule has 0 aliphatic carbocycles. The maximum Gasteiger partial charge on any atom is 0.589 e. The molecule has 4 aromatic rings. The summed E-state index contributed by atoms with van der Waals surface area (Å²) in [4.78, 5) is 0. The Morgan fingerprint density at radius 3 is 0.681 bits per heavy atom. The molecule has 0 amide bonds. The highest BCUT2D eigenvalue weighted by atomic mass is 31.2. The number of hydrogen-bond donors (Lipinski definition) is 0. The standard InChI is InChI=1S/C59H86O8P2/c1-52(2,3)40-27-36-25-37-28-41(53(4,5)6)32-45(57(16,17)18)49(37)65-68(60,64-48(36)44(31-40)56(13,14)15)62-35-63-69(61)66-50-38(29-42(54(7,8)9)33-46(50)58(19,20)21)26-39-30-43(55(10,11)12)34-47(51(39)67-69)59(22,23)24/h27-34H,25-26,35H2,1-24H3. The molecule has 0 aromatic heterocycles. The van der Waals surface area contributed by atoms with Gasteiger partial charge in [-0.1, -0.05) is 215 Å². The van der Waals surface area contributed by atoms with Crippen molar-refractivity contribution in [1.82, 2.24) is 0 Å². The van der Waals surface area contributed by atoms with E-state index in [1.807, 2.05) is 0 Å². The molecule has 0 saturated carbocycles. The summed E-state index contributed by atoms with van der Waals surface area (Å²) in [6, 6.07) is 17.3. The van der Waals surface area contributed by atoms with E-state index in [0.29, 0.717) is 35.8 Å². The Morgan fingerprint density at radius 2 is 0.522 bits per heavy atom. The third kappa shape index (κ3) is 12.1. The monoisotopic (exact) mass is 985 g/mol. The molecule has 2 heterocycles. The molecule has 0 saturated heterocycles. The molecule has 0 atom stereocenters. The summed E-state index contributed by atoms with van der Waals surface area (Å²) in [7, 11) is -9.37. The van der Waals surface area contributed by atoms with Crippen LogP contribution in [0.2, 0.25) is 0 Å². The smallest absolute Gasteiger partial charge is 0.394 e. The summed E-state index contributed by atoms with van der Waals surface area (Å²) in [5.74, 6) is 1.74. The lowest BCUT2D eigenvalue weighted by molar-refractivity contribution is 0.0652. The zero-order valence-corrected chi connectivity index (χ0v) is 48.7. The summed E-state index contributed by atoms with van der Waals surface area (Å²) in [6.07, 6.45) is 0.938. The maximum absolute atomic E-state index is 15.8. The van der Waals surface area contributed by atoms with Crippen LogP contribution in [0.25, 0.3) is 0 Å². The van der Waals surface area contributed by atoms with Gasteiger partial charge in [-0.3, -0.25) is 0 Å². The van der Waals surface area contributed by atoms with Crippen LogP contribution in [0, 0.1) is 0 Å². The van der Waals surface area contributed by atoms with Crippen molar-refractivity contribution in [2.24, 2.45) is 0 Å². The van der Waals surface area contributed by atoms with E-state index in [2.05, 4.69) is 215 Å². The zero-order chi connectivity index (χ0) is 52.3. The van der Waals surface area contributed by atoms with Gasteiger partial charge in [0.2, 0.25) is 0 Å². The van der Waals surface area contributed by atoms with E-state index in [1.165, 1.54) is 0 Å². The molecule has 380 valence electrons. The minimum absolute atomic E-state index is 0.197. The topological polar surface area (TPSA) is 89.5 Å². The zero-order valence-electron chi connectivity index (χ0n) is 46.9. The molecule has 69 heavy (non-hydrogen) atoms. The van der Waals surface area contributed by atoms with E-state index < -0.39 is 44.1 Å². The summed E-state index contributed by atoms with van der Waals surface area (Å²) in [6.45, 7) is 51.0. The highest BCUT2D eigenvalue weighted by Crippen LogP contribution is 2.61. The van der Waals surface area contributed by atoms with Crippen molar-refractivity contribution in [2.75, 3.05) is 6.79 Å². The summed E-state index contributed by atoms with van der Waals surface area (Å²) >= 11 is 0. The number of hydrogen-bond acceptors (Lipinski definition) is 8. The molecule has 10 heteroatoms. The van der Waals surface area contributed by atoms with Crippen LogP contribution in [-0.2, 0) is 74.3 Å². The maximum atomic E-state index is 15.8. The SMILES string of the molecule is CC(C)(C)c1cc2c(c(C(C)(C)C)c1)OP(=O)(OCOP1(=O)Oc3c(cc(C(C)(C)C)cc3C(C)(C)C)Cc3cc(C(C)(C)C)cc(C(C)(C)C)c3O1)Oc1c(cc(C(C)(C)C)cc1C(C)(C)C)C2. The molecule has 0 radical (unpaired) electrons. The van der Waals surface area contributed by atoms with Gasteiger partial charge in [0.25, 0.3) is 0 Å². The fourth-order valence-electron chi connectivity index (χ4n) is 8.83. The molecule has 0 bridgehead atoms. The molecule has 0 spiro atoms. The molecule has 2 aliphatic heterocycles. The van der Waals surface area contributed by atoms with Crippen LogP contribution in [0.15, 0.2) is 48.5 Å². The van der Waals surface area contributed by atoms with E-state index in [4.69, 9.17) is 27.1 Å². The van der Waals surface area contributed by atoms with Gasteiger partial charge in [0.05, 0.1) is 0 Å². The lowest BCUT2D eigenvalue weighted by Crippen LogP contribution is -2.24. The van der Waals surface area contributed by atoms with Gasteiger partial charge in [-0.05, 0) is 87.8 Å². The van der Waals surface area contributed by atoms with Crippen molar-refractivity contribution < 1.29 is 36.3 Å². The third-order valence-corrected chi connectivity index (χ3v) is 15.8. The van der Waals surface area contributed by atoms with Gasteiger partial charge in [-0.25, -0.2) is 18.2 Å². The molecule has 0 unspecified atom stereocenters. The van der Waals surface area contributed by atoms with E-state index in [0.717, 1.165) is 66.8 Å². The normalized spacial score (nSPS) is 16.7. The first kappa shape index (κ1) is 54.8. The predicted molar refractivity (Wildman–Crippen MR) is 286 cm³/mol. The van der Waals surface area contributed by atoms with Gasteiger partial charge in [0, 0.05) is 35.1 Å². The molecular formula is C59H86O8P2. The van der Waals surface area contributed by atoms with Crippen molar-refractivity contribution in [3.8, 4) is 23.0 Å². The van der Waals surface area contributed by atoms with Gasteiger partial charge in [-0.2, -0.15) is 0 Å². The first-order valence-corrected chi connectivity index (χ1v) is 27.8. The Bertz CT molecular complexity index is 2360. The van der Waals surface area contributed by atoms with E-state index >= 15 is 9.13 Å². The number of fused-ring (bicyclic) bond motifs is 4. The second-order valence-corrected chi connectivity index (χ2v) is 31.1. The number of phosphoric ester groups is 2. The van der Waals surface area contributed by atoms with E-state index in [-0.39, 0.29) is 21.7 Å². The fraction of sp³-hybridized carbons (Fsp3) is 0.593. The largest absolute Gasteiger partial charge is 0.589 e. The van der Waals surface area contributed by atoms with Crippen LogP contribution < -0.4 is 18.1 Å². The Balaban J connectivity index is 1.57. The average molecular weight is 985 g/mol. The Labute approximate surface area is 417 Å². The van der Waals surface area contributed by atoms with Crippen LogP contribution >= 0.6 is 15.6 Å². The Kier molecular flexibility index (Phi) is 14.0. The Morgan fingerprint density at radius 1 is 0.333 bits per heavy atom. The highest BCUT2D eigenvalue weighted by Gasteiger charge is 2.45. The molecule has 6 rings (SSSR count). The lowest BCUT2D eigenvalue weighted by Gasteiger charge is -2.35. The average Bonchev–Trinajstić information content (AvgIpc) is 3.12. The first-order valence-electron chi connectivity index (χ1n) is 24.9. The second-order valence-electron chi connectivity index (χ2n) is 28.0. The van der Waals surface area contributed by atoms with Gasteiger partial charge in [-0.15, -0.1) is 0 Å². The van der Waals surface area contributed by atoms with Gasteiger partial charge < -0.3 is 18.1 Å². The quantitative estimate of drug-likeness (QED) is 0.148. The minimum Gasteiger partial charge on any atom is -0.394 e. The van der Waals surface area contributed by atoms with Gasteiger partial charge in [0.1, 0.15) is 23.0 Å². The van der Waals surface area contributed by atoms with Crippen LogP contribution in [0.4, 0.5) is 0 Å². The lowest BCUT2D eigenvalue weighted by atomic mass is 9.76. The summed E-state index contributed by atoms with van der Waals surface area (Å²) in [5.41, 5.74) is 8.96. The summed E-state index contributed by atoms with van der Waals surface area (Å²) < 4.78 is 71.3. The number of benzene rings is 4. The third-order valence-electron chi connectivity index (χ3n) is 13.4. The van der Waals surface area contributed by atoms with Crippen LogP contribution in [0.5, 0.6) is 23.0 Å². The van der Waals surface area contributed by atoms with Crippen molar-refractivity contribution >= 4 is 15.6 Å². The Hall–Kier alpha value is -3.54. The van der Waals surface area contributed by atoms with Gasteiger partial charge >= 0.3 is 15.6 Å². The summed E-state index contributed by atoms with van der Waals surface area (Å²) in [5, 5.41) is 0. The van der Waals surface area contributed by atoms with Gasteiger partial charge in [0.15, 0.2) is 6.79 Å². The molecule has 4 aromatic carbocycles. The van der Waals surface area contributed by atoms with Crippen LogP contribution in [0.3, 0.4) is 0 Å². The predicted octanol–water partition coefficient (Wildman–Crippen LogP) is 17.7. The van der Waals surface area contributed by atoms with Crippen LogP contribution in [0.1, 0.15) is 233 Å². The van der Waals surface area contributed by atoms with E-state index in [9.17, 15) is 0 Å². The second kappa shape index (κ2) is 17.6. The van der Waals surface area contributed by atoms with Crippen molar-refractivity contribution in [3.63, 3.8) is 0 Å². The fourth-order valence-corrected chi connectivity index (χ4v) is 11.3. The van der Waals surface area contributed by atoms with Crippen molar-refractivity contribution in [3.05, 3.63) is 115 Å². The van der Waals surface area contributed by atoms with E-state index in [1.54, 1.807) is 0 Å². The van der Waals surface area contributed by atoms with Crippen molar-refractivity contribution in [2.45, 2.75) is 222 Å². The molecule has 0 fully saturated rings. The van der Waals surface area contributed by atoms with Crippen LogP contribution in [-0.4, -0.2) is 6.79 Å². The highest BCUT2D eigenvalue weighted by molar-refractivity contribution is 7.50. The molecule has 2 aliphatic rings. The molecule has 8 nitrogen and oxygen atoms in total. The molecular weight excluding hydrogens is 899 g/mol. The number of rotatable bonds is 4. The first-order chi connectivity index (χ1) is 30.9. The molecule has 0 N–H and O–H groups in total.